The van der Waals surface area contributed by atoms with Crippen LogP contribution in [-0.4, -0.2) is 24.0 Å². The van der Waals surface area contributed by atoms with E-state index in [1.165, 1.54) is 37.7 Å². The molecule has 5 aliphatic rings. The molecular formula is C22H29NO2. The molecule has 0 aromatic heterocycles. The van der Waals surface area contributed by atoms with Gasteiger partial charge in [-0.25, -0.2) is 0 Å². The number of ether oxygens (including phenoxy) is 1. The smallest absolute Gasteiger partial charge is 0.231 e. The first-order valence-electron chi connectivity index (χ1n) is 9.96. The molecule has 4 aliphatic carbocycles. The Balaban J connectivity index is 1.53. The summed E-state index contributed by atoms with van der Waals surface area (Å²) in [4.78, 5) is 15.5. The van der Waals surface area contributed by atoms with Gasteiger partial charge in [-0.3, -0.25) is 4.79 Å². The fourth-order valence-electron chi connectivity index (χ4n) is 6.94. The van der Waals surface area contributed by atoms with Gasteiger partial charge < -0.3 is 9.64 Å². The first-order chi connectivity index (χ1) is 12.0. The molecule has 1 heterocycles. The number of amides is 1. The van der Waals surface area contributed by atoms with Crippen molar-refractivity contribution in [2.75, 3.05) is 7.11 Å². The zero-order valence-corrected chi connectivity index (χ0v) is 15.6. The average molecular weight is 339 g/mol. The molecule has 4 bridgehead atoms. The second-order valence-corrected chi connectivity index (χ2v) is 9.50. The summed E-state index contributed by atoms with van der Waals surface area (Å²) in [5, 5.41) is 0. The van der Waals surface area contributed by atoms with Crippen molar-refractivity contribution in [2.45, 2.75) is 58.0 Å². The first kappa shape index (κ1) is 15.7. The number of β-lactam (4-membered cyclic amide) rings is 1. The van der Waals surface area contributed by atoms with E-state index >= 15 is 0 Å². The lowest BCUT2D eigenvalue weighted by Gasteiger charge is -2.64. The Hall–Kier alpha value is -1.51. The van der Waals surface area contributed by atoms with Gasteiger partial charge in [0.05, 0.1) is 18.6 Å². The predicted molar refractivity (Wildman–Crippen MR) is 97.2 cm³/mol. The summed E-state index contributed by atoms with van der Waals surface area (Å²) in [6.45, 7) is 4.22. The second kappa shape index (κ2) is 5.25. The topological polar surface area (TPSA) is 29.5 Å². The van der Waals surface area contributed by atoms with E-state index in [2.05, 4.69) is 30.9 Å². The number of hydrogen-bond donors (Lipinski definition) is 0. The van der Waals surface area contributed by atoms with Crippen molar-refractivity contribution < 1.29 is 9.53 Å². The maximum Gasteiger partial charge on any atom is 0.231 e. The van der Waals surface area contributed by atoms with Crippen molar-refractivity contribution in [2.24, 2.45) is 29.1 Å². The molecule has 5 fully saturated rings. The zero-order chi connectivity index (χ0) is 17.3. The average Bonchev–Trinajstić information content (AvgIpc) is 2.59. The van der Waals surface area contributed by atoms with Crippen LogP contribution in [0.5, 0.6) is 5.75 Å². The van der Waals surface area contributed by atoms with E-state index in [1.807, 2.05) is 12.1 Å². The Kier molecular flexibility index (Phi) is 3.30. The summed E-state index contributed by atoms with van der Waals surface area (Å²) in [6.07, 6.45) is 6.84. The highest BCUT2D eigenvalue weighted by Gasteiger charge is 2.62. The minimum Gasteiger partial charge on any atom is -0.496 e. The van der Waals surface area contributed by atoms with Crippen molar-refractivity contribution >= 4 is 5.91 Å². The number of hydrogen-bond acceptors (Lipinski definition) is 2. The lowest BCUT2D eigenvalue weighted by Crippen LogP contribution is -2.69. The summed E-state index contributed by atoms with van der Waals surface area (Å²) in [5.41, 5.74) is 0.854. The Morgan fingerprint density at radius 2 is 1.60 bits per heavy atom. The van der Waals surface area contributed by atoms with Gasteiger partial charge in [-0.15, -0.1) is 0 Å². The van der Waals surface area contributed by atoms with Crippen molar-refractivity contribution in [3.63, 3.8) is 0 Å². The van der Waals surface area contributed by atoms with Crippen LogP contribution < -0.4 is 4.74 Å². The molecule has 6 rings (SSSR count). The molecule has 1 amide bonds. The molecule has 1 aromatic carbocycles. The number of rotatable bonds is 3. The molecule has 0 spiro atoms. The second-order valence-electron chi connectivity index (χ2n) is 9.50. The van der Waals surface area contributed by atoms with Gasteiger partial charge in [0.15, 0.2) is 0 Å². The lowest BCUT2D eigenvalue weighted by atomic mass is 9.52. The van der Waals surface area contributed by atoms with Crippen LogP contribution in [0.4, 0.5) is 0 Å². The number of carbonyl (C=O) groups excluding carboxylic acids is 1. The lowest BCUT2D eigenvalue weighted by molar-refractivity contribution is -0.191. The van der Waals surface area contributed by atoms with Crippen LogP contribution in [0.1, 0.15) is 57.6 Å². The van der Waals surface area contributed by atoms with Gasteiger partial charge in [0, 0.05) is 11.6 Å². The number of carbonyl (C=O) groups is 1. The molecule has 4 saturated carbocycles. The molecule has 134 valence electrons. The fourth-order valence-corrected chi connectivity index (χ4v) is 6.94. The molecular weight excluding hydrogens is 310 g/mol. The third-order valence-electron chi connectivity index (χ3n) is 7.68. The van der Waals surface area contributed by atoms with Gasteiger partial charge in [-0.1, -0.05) is 18.2 Å². The SMILES string of the molecule is COc1ccccc1C1N(C2C3CC4CC(C3)CC2C4)C(=O)C1(C)C. The number of benzene rings is 1. The van der Waals surface area contributed by atoms with E-state index in [4.69, 9.17) is 4.74 Å². The Bertz CT molecular complexity index is 682. The highest BCUT2D eigenvalue weighted by molar-refractivity contribution is 5.90. The quantitative estimate of drug-likeness (QED) is 0.763. The van der Waals surface area contributed by atoms with Crippen LogP contribution in [0.3, 0.4) is 0 Å². The third-order valence-corrected chi connectivity index (χ3v) is 7.68. The molecule has 1 aliphatic heterocycles. The molecule has 3 nitrogen and oxygen atoms in total. The van der Waals surface area contributed by atoms with Crippen molar-refractivity contribution in [1.82, 2.24) is 4.90 Å². The summed E-state index contributed by atoms with van der Waals surface area (Å²) in [5.74, 6) is 4.60. The van der Waals surface area contributed by atoms with E-state index in [0.717, 1.165) is 29.4 Å². The monoisotopic (exact) mass is 339 g/mol. The van der Waals surface area contributed by atoms with Gasteiger partial charge in [0.1, 0.15) is 5.75 Å². The summed E-state index contributed by atoms with van der Waals surface area (Å²) >= 11 is 0. The van der Waals surface area contributed by atoms with E-state index in [1.54, 1.807) is 7.11 Å². The Morgan fingerprint density at radius 3 is 2.20 bits per heavy atom. The fraction of sp³-hybridized carbons (Fsp3) is 0.682. The minimum atomic E-state index is -0.330. The Labute approximate surface area is 150 Å². The standard InChI is InChI=1S/C22H29NO2/c1-22(2)20(17-6-4-5-7-18(17)25-3)23(21(22)24)19-15-9-13-8-14(11-15)12-16(19)10-13/h4-7,13-16,19-20H,8-12H2,1-3H3. The molecule has 1 aromatic rings. The first-order valence-corrected chi connectivity index (χ1v) is 9.96. The van der Waals surface area contributed by atoms with Crippen molar-refractivity contribution in [3.8, 4) is 5.75 Å². The highest BCUT2D eigenvalue weighted by Crippen LogP contribution is 2.61. The highest BCUT2D eigenvalue weighted by atomic mass is 16.5. The van der Waals surface area contributed by atoms with Crippen LogP contribution in [0, 0.1) is 29.1 Å². The third kappa shape index (κ3) is 2.07. The van der Waals surface area contributed by atoms with Crippen LogP contribution in [-0.2, 0) is 4.79 Å². The maximum absolute atomic E-state index is 13.2. The Morgan fingerprint density at radius 1 is 1.00 bits per heavy atom. The van der Waals surface area contributed by atoms with Gasteiger partial charge in [-0.2, -0.15) is 0 Å². The van der Waals surface area contributed by atoms with Gasteiger partial charge in [0.25, 0.3) is 0 Å². The summed E-state index contributed by atoms with van der Waals surface area (Å²) in [7, 11) is 1.74. The van der Waals surface area contributed by atoms with Crippen LogP contribution in [0.25, 0.3) is 0 Å². The van der Waals surface area contributed by atoms with Crippen LogP contribution >= 0.6 is 0 Å². The number of methoxy groups -OCH3 is 1. The van der Waals surface area contributed by atoms with Crippen molar-refractivity contribution in [1.29, 1.82) is 0 Å². The van der Waals surface area contributed by atoms with Gasteiger partial charge >= 0.3 is 0 Å². The van der Waals surface area contributed by atoms with E-state index in [-0.39, 0.29) is 11.5 Å². The molecule has 1 atom stereocenters. The molecule has 25 heavy (non-hydrogen) atoms. The van der Waals surface area contributed by atoms with Gasteiger partial charge in [-0.05, 0) is 75.7 Å². The van der Waals surface area contributed by atoms with Gasteiger partial charge in [0.2, 0.25) is 5.91 Å². The van der Waals surface area contributed by atoms with E-state index < -0.39 is 0 Å². The predicted octanol–water partition coefficient (Wildman–Crippen LogP) is 4.43. The number of para-hydroxylation sites is 1. The molecule has 3 heteroatoms. The molecule has 0 radical (unpaired) electrons. The maximum atomic E-state index is 13.2. The van der Waals surface area contributed by atoms with E-state index in [9.17, 15) is 4.79 Å². The van der Waals surface area contributed by atoms with Crippen molar-refractivity contribution in [3.05, 3.63) is 29.8 Å². The van der Waals surface area contributed by atoms with Crippen LogP contribution in [0.2, 0.25) is 0 Å². The molecule has 1 saturated heterocycles. The van der Waals surface area contributed by atoms with E-state index in [0.29, 0.717) is 11.9 Å². The van der Waals surface area contributed by atoms with Crippen LogP contribution in [0.15, 0.2) is 24.3 Å². The number of nitrogens with zero attached hydrogens (tertiary/aromatic N) is 1. The zero-order valence-electron chi connectivity index (χ0n) is 15.6. The molecule has 0 N–H and O–H groups in total. The summed E-state index contributed by atoms with van der Waals surface area (Å²) in [6, 6.07) is 8.89. The summed E-state index contributed by atoms with van der Waals surface area (Å²) < 4.78 is 5.65. The normalized spacial score (nSPS) is 40.9. The minimum absolute atomic E-state index is 0.152. The largest absolute Gasteiger partial charge is 0.496 e. The molecule has 1 unspecified atom stereocenters. The number of likely N-dealkylation sites (tertiary alicyclic amines) is 1.